The van der Waals surface area contributed by atoms with Gasteiger partial charge in [-0.25, -0.2) is 4.68 Å². The van der Waals surface area contributed by atoms with Crippen molar-refractivity contribution in [2.75, 3.05) is 37.7 Å². The van der Waals surface area contributed by atoms with Gasteiger partial charge in [0.15, 0.2) is 0 Å². The summed E-state index contributed by atoms with van der Waals surface area (Å²) in [5.74, 6) is 0. The van der Waals surface area contributed by atoms with E-state index in [4.69, 9.17) is 5.11 Å². The Labute approximate surface area is 107 Å². The number of nitrogens with one attached hydrogen (secondary N) is 1. The van der Waals surface area contributed by atoms with Gasteiger partial charge in [-0.3, -0.25) is 4.79 Å². The lowest BCUT2D eigenvalue weighted by atomic mass is 10.3. The minimum atomic E-state index is -0.199. The van der Waals surface area contributed by atoms with Crippen molar-refractivity contribution in [2.24, 2.45) is 0 Å². The minimum Gasteiger partial charge on any atom is -0.394 e. The Bertz CT molecular complexity index is 442. The maximum absolute atomic E-state index is 11.9. The molecule has 0 aromatic carbocycles. The Morgan fingerprint density at radius 3 is 2.82 bits per heavy atom. The number of rotatable bonds is 3. The number of hydrogen-bond acceptors (Lipinski definition) is 5. The Morgan fingerprint density at radius 1 is 1.47 bits per heavy atom. The number of anilines is 1. The molecule has 7 heteroatoms. The highest BCUT2D eigenvalue weighted by Crippen LogP contribution is 2.21. The Hall–Kier alpha value is -0.920. The standard InChI is InChI=1S/C10H15BrN4O2/c11-9-8(14-3-1-12-2-4-14)7-13-15(5-6-16)10(9)17/h7,12,16H,1-6H2. The van der Waals surface area contributed by atoms with Gasteiger partial charge in [-0.1, -0.05) is 0 Å². The summed E-state index contributed by atoms with van der Waals surface area (Å²) >= 11 is 3.32. The van der Waals surface area contributed by atoms with Crippen LogP contribution in [0.2, 0.25) is 0 Å². The van der Waals surface area contributed by atoms with Gasteiger partial charge in [-0.05, 0) is 15.9 Å². The quantitative estimate of drug-likeness (QED) is 0.781. The Balaban J connectivity index is 2.29. The third kappa shape index (κ3) is 2.67. The number of aliphatic hydroxyl groups excluding tert-OH is 1. The fraction of sp³-hybridized carbons (Fsp3) is 0.600. The molecule has 0 unspecified atom stereocenters. The number of aromatic nitrogens is 2. The monoisotopic (exact) mass is 302 g/mol. The molecular weight excluding hydrogens is 288 g/mol. The molecule has 0 atom stereocenters. The summed E-state index contributed by atoms with van der Waals surface area (Å²) in [6.45, 7) is 3.68. The third-order valence-corrected chi connectivity index (χ3v) is 3.48. The molecular formula is C10H15BrN4O2. The first kappa shape index (κ1) is 12.5. The number of piperazine rings is 1. The van der Waals surface area contributed by atoms with Crippen molar-refractivity contribution in [3.8, 4) is 0 Å². The summed E-state index contributed by atoms with van der Waals surface area (Å²) in [5, 5.41) is 16.1. The maximum atomic E-state index is 11.9. The van der Waals surface area contributed by atoms with E-state index in [-0.39, 0.29) is 18.7 Å². The van der Waals surface area contributed by atoms with Crippen LogP contribution in [0.15, 0.2) is 15.5 Å². The zero-order valence-corrected chi connectivity index (χ0v) is 11.0. The van der Waals surface area contributed by atoms with Crippen LogP contribution in [0.25, 0.3) is 0 Å². The van der Waals surface area contributed by atoms with Crippen molar-refractivity contribution in [3.05, 3.63) is 21.0 Å². The molecule has 6 nitrogen and oxygen atoms in total. The molecule has 0 saturated carbocycles. The summed E-state index contributed by atoms with van der Waals surface area (Å²) in [7, 11) is 0. The van der Waals surface area contributed by atoms with Crippen LogP contribution < -0.4 is 15.8 Å². The summed E-state index contributed by atoms with van der Waals surface area (Å²) in [6.07, 6.45) is 1.67. The highest BCUT2D eigenvalue weighted by Gasteiger charge is 2.16. The van der Waals surface area contributed by atoms with Crippen molar-refractivity contribution in [3.63, 3.8) is 0 Å². The van der Waals surface area contributed by atoms with Crippen LogP contribution in [0.4, 0.5) is 5.69 Å². The van der Waals surface area contributed by atoms with Crippen LogP contribution in [0.3, 0.4) is 0 Å². The predicted octanol–water partition coefficient (Wildman–Crippen LogP) is -0.592. The second-order valence-corrected chi connectivity index (χ2v) is 4.63. The SMILES string of the molecule is O=c1c(Br)c(N2CCNCC2)cnn1CCO. The Morgan fingerprint density at radius 2 is 2.18 bits per heavy atom. The second kappa shape index (κ2) is 5.61. The first-order chi connectivity index (χ1) is 8.24. The normalized spacial score (nSPS) is 16.2. The fourth-order valence-corrected chi connectivity index (χ4v) is 2.39. The van der Waals surface area contributed by atoms with E-state index >= 15 is 0 Å². The Kier molecular flexibility index (Phi) is 4.14. The summed E-state index contributed by atoms with van der Waals surface area (Å²) in [6, 6.07) is 0. The lowest BCUT2D eigenvalue weighted by molar-refractivity contribution is 0.266. The second-order valence-electron chi connectivity index (χ2n) is 3.83. The van der Waals surface area contributed by atoms with E-state index in [1.165, 1.54) is 4.68 Å². The molecule has 1 saturated heterocycles. The van der Waals surface area contributed by atoms with E-state index in [0.29, 0.717) is 4.47 Å². The zero-order valence-electron chi connectivity index (χ0n) is 9.40. The molecule has 1 fully saturated rings. The maximum Gasteiger partial charge on any atom is 0.283 e. The zero-order chi connectivity index (χ0) is 12.3. The molecule has 0 spiro atoms. The van der Waals surface area contributed by atoms with E-state index in [9.17, 15) is 4.79 Å². The lowest BCUT2D eigenvalue weighted by Crippen LogP contribution is -2.44. The molecule has 2 heterocycles. The van der Waals surface area contributed by atoms with Crippen molar-refractivity contribution < 1.29 is 5.11 Å². The highest BCUT2D eigenvalue weighted by atomic mass is 79.9. The molecule has 0 bridgehead atoms. The summed E-state index contributed by atoms with van der Waals surface area (Å²) in [5.41, 5.74) is 0.626. The van der Waals surface area contributed by atoms with E-state index < -0.39 is 0 Å². The molecule has 1 aromatic rings. The molecule has 2 N–H and O–H groups in total. The van der Waals surface area contributed by atoms with Gasteiger partial charge in [0.2, 0.25) is 0 Å². The smallest absolute Gasteiger partial charge is 0.283 e. The molecule has 0 aliphatic carbocycles. The van der Waals surface area contributed by atoms with E-state index in [2.05, 4.69) is 31.2 Å². The van der Waals surface area contributed by atoms with Crippen LogP contribution in [-0.4, -0.2) is 47.7 Å². The van der Waals surface area contributed by atoms with Gasteiger partial charge in [-0.2, -0.15) is 5.10 Å². The summed E-state index contributed by atoms with van der Waals surface area (Å²) < 4.78 is 1.78. The van der Waals surface area contributed by atoms with Crippen LogP contribution in [0, 0.1) is 0 Å². The van der Waals surface area contributed by atoms with Crippen LogP contribution in [0.5, 0.6) is 0 Å². The average Bonchev–Trinajstić information content (AvgIpc) is 2.36. The number of halogens is 1. The predicted molar refractivity (Wildman–Crippen MR) is 68.4 cm³/mol. The van der Waals surface area contributed by atoms with Gasteiger partial charge in [0.25, 0.3) is 5.56 Å². The van der Waals surface area contributed by atoms with E-state index in [1.807, 2.05) is 0 Å². The van der Waals surface area contributed by atoms with Gasteiger partial charge in [-0.15, -0.1) is 0 Å². The summed E-state index contributed by atoms with van der Waals surface area (Å²) in [4.78, 5) is 14.0. The largest absolute Gasteiger partial charge is 0.394 e. The number of aliphatic hydroxyl groups is 1. The van der Waals surface area contributed by atoms with Gasteiger partial charge in [0.05, 0.1) is 25.0 Å². The van der Waals surface area contributed by atoms with Gasteiger partial charge in [0.1, 0.15) is 4.47 Å². The van der Waals surface area contributed by atoms with Gasteiger partial charge in [0, 0.05) is 26.2 Å². The molecule has 2 rings (SSSR count). The molecule has 0 radical (unpaired) electrons. The van der Waals surface area contributed by atoms with Crippen molar-refractivity contribution in [2.45, 2.75) is 6.54 Å². The van der Waals surface area contributed by atoms with Crippen molar-refractivity contribution >= 4 is 21.6 Å². The lowest BCUT2D eigenvalue weighted by Gasteiger charge is -2.29. The molecule has 1 aliphatic rings. The fourth-order valence-electron chi connectivity index (χ4n) is 1.84. The topological polar surface area (TPSA) is 70.4 Å². The molecule has 1 aromatic heterocycles. The number of nitrogens with zero attached hydrogens (tertiary/aromatic N) is 3. The van der Waals surface area contributed by atoms with Gasteiger partial charge < -0.3 is 15.3 Å². The minimum absolute atomic E-state index is 0.0909. The van der Waals surface area contributed by atoms with Crippen molar-refractivity contribution in [1.82, 2.24) is 15.1 Å². The molecule has 1 aliphatic heterocycles. The van der Waals surface area contributed by atoms with Crippen LogP contribution >= 0.6 is 15.9 Å². The van der Waals surface area contributed by atoms with Crippen LogP contribution in [0.1, 0.15) is 0 Å². The highest BCUT2D eigenvalue weighted by molar-refractivity contribution is 9.10. The molecule has 0 amide bonds. The van der Waals surface area contributed by atoms with E-state index in [0.717, 1.165) is 31.9 Å². The van der Waals surface area contributed by atoms with Gasteiger partial charge >= 0.3 is 0 Å². The first-order valence-corrected chi connectivity index (χ1v) is 6.35. The third-order valence-electron chi connectivity index (χ3n) is 2.74. The molecule has 94 valence electrons. The van der Waals surface area contributed by atoms with E-state index in [1.54, 1.807) is 6.20 Å². The average molecular weight is 303 g/mol. The number of hydrogen-bond donors (Lipinski definition) is 2. The first-order valence-electron chi connectivity index (χ1n) is 5.56. The van der Waals surface area contributed by atoms with Crippen LogP contribution in [-0.2, 0) is 6.54 Å². The van der Waals surface area contributed by atoms with Crippen molar-refractivity contribution in [1.29, 1.82) is 0 Å². The molecule has 17 heavy (non-hydrogen) atoms.